The molecule has 0 saturated carbocycles. The molecule has 34 heavy (non-hydrogen) atoms. The Morgan fingerprint density at radius 2 is 1.76 bits per heavy atom. The molecule has 2 heterocycles. The van der Waals surface area contributed by atoms with Crippen LogP contribution in [0.5, 0.6) is 11.5 Å². The third kappa shape index (κ3) is 5.68. The van der Waals surface area contributed by atoms with Gasteiger partial charge in [-0.05, 0) is 37.3 Å². The predicted octanol–water partition coefficient (Wildman–Crippen LogP) is 3.55. The monoisotopic (exact) mass is 476 g/mol. The number of aromatic nitrogens is 3. The number of nitrogens with one attached hydrogen (secondary N) is 1. The summed E-state index contributed by atoms with van der Waals surface area (Å²) in [6, 6.07) is 20.1. The molecule has 174 valence electrons. The van der Waals surface area contributed by atoms with Crippen molar-refractivity contribution in [3.8, 4) is 32.6 Å². The lowest BCUT2D eigenvalue weighted by atomic mass is 10.2. The first kappa shape index (κ1) is 23.2. The van der Waals surface area contributed by atoms with Crippen LogP contribution in [0.3, 0.4) is 0 Å². The highest BCUT2D eigenvalue weighted by atomic mass is 32.1. The maximum atomic E-state index is 12.3. The second kappa shape index (κ2) is 10.8. The summed E-state index contributed by atoms with van der Waals surface area (Å²) < 4.78 is 11.9. The van der Waals surface area contributed by atoms with Crippen LogP contribution in [0.4, 0.5) is 0 Å². The van der Waals surface area contributed by atoms with Gasteiger partial charge < -0.3 is 14.8 Å². The minimum atomic E-state index is -0.286. The summed E-state index contributed by atoms with van der Waals surface area (Å²) in [4.78, 5) is 30.0. The highest BCUT2D eigenvalue weighted by Crippen LogP contribution is 2.33. The van der Waals surface area contributed by atoms with Gasteiger partial charge in [-0.25, -0.2) is 9.67 Å². The molecule has 2 aromatic heterocycles. The lowest BCUT2D eigenvalue weighted by Gasteiger charge is -2.09. The molecule has 0 saturated heterocycles. The molecule has 0 spiro atoms. The lowest BCUT2D eigenvalue weighted by Crippen LogP contribution is -2.34. The third-order valence-corrected chi connectivity index (χ3v) is 6.22. The molecule has 0 aliphatic rings. The summed E-state index contributed by atoms with van der Waals surface area (Å²) in [6.07, 6.45) is 0. The zero-order chi connectivity index (χ0) is 23.9. The Morgan fingerprint density at radius 3 is 2.50 bits per heavy atom. The molecule has 2 aromatic carbocycles. The van der Waals surface area contributed by atoms with Gasteiger partial charge in [0.1, 0.15) is 22.2 Å². The van der Waals surface area contributed by atoms with E-state index in [-0.39, 0.29) is 31.2 Å². The van der Waals surface area contributed by atoms with Crippen molar-refractivity contribution in [1.29, 1.82) is 0 Å². The first-order chi connectivity index (χ1) is 16.5. The number of carbonyl (C=O) groups is 1. The van der Waals surface area contributed by atoms with E-state index in [0.29, 0.717) is 17.2 Å². The van der Waals surface area contributed by atoms with Crippen molar-refractivity contribution in [3.05, 3.63) is 82.8 Å². The molecule has 1 N–H and O–H groups in total. The van der Waals surface area contributed by atoms with Gasteiger partial charge in [0.25, 0.3) is 11.5 Å². The second-order valence-corrected chi connectivity index (χ2v) is 8.39. The molecule has 9 heteroatoms. The number of ether oxygens (including phenoxy) is 2. The fraction of sp³-hybridized carbons (Fsp3) is 0.200. The topological polar surface area (TPSA) is 95.3 Å². The van der Waals surface area contributed by atoms with Crippen LogP contribution in [0.15, 0.2) is 71.5 Å². The number of hydrogen-bond acceptors (Lipinski definition) is 7. The smallest absolute Gasteiger partial charge is 0.266 e. The Morgan fingerprint density at radius 1 is 1.03 bits per heavy atom. The van der Waals surface area contributed by atoms with Crippen LogP contribution >= 0.6 is 11.3 Å². The molecule has 0 fully saturated rings. The number of aryl methyl sites for hydroxylation is 1. The fourth-order valence-electron chi connectivity index (χ4n) is 3.24. The number of thiazole rings is 1. The molecule has 0 unspecified atom stereocenters. The van der Waals surface area contributed by atoms with E-state index in [1.807, 2.05) is 37.3 Å². The quantitative estimate of drug-likeness (QED) is 0.397. The van der Waals surface area contributed by atoms with Gasteiger partial charge in [-0.1, -0.05) is 30.3 Å². The lowest BCUT2D eigenvalue weighted by molar-refractivity contribution is -0.123. The molecule has 1 amide bonds. The first-order valence-corrected chi connectivity index (χ1v) is 11.5. The fourth-order valence-corrected chi connectivity index (χ4v) is 4.28. The molecular formula is C25H24N4O4S. The molecule has 4 rings (SSSR count). The number of amides is 1. The van der Waals surface area contributed by atoms with Crippen molar-refractivity contribution < 1.29 is 14.3 Å². The van der Waals surface area contributed by atoms with Crippen LogP contribution in [0.1, 0.15) is 5.69 Å². The Kier molecular flexibility index (Phi) is 7.34. The largest absolute Gasteiger partial charge is 0.497 e. The predicted molar refractivity (Wildman–Crippen MR) is 131 cm³/mol. The van der Waals surface area contributed by atoms with Crippen molar-refractivity contribution >= 4 is 17.2 Å². The normalized spacial score (nSPS) is 10.6. The molecule has 8 nitrogen and oxygen atoms in total. The molecule has 4 aromatic rings. The Hall–Kier alpha value is -3.98. The van der Waals surface area contributed by atoms with Gasteiger partial charge in [0.15, 0.2) is 6.61 Å². The average molecular weight is 477 g/mol. The van der Waals surface area contributed by atoms with Crippen LogP contribution in [-0.2, 0) is 11.3 Å². The van der Waals surface area contributed by atoms with Crippen molar-refractivity contribution in [1.82, 2.24) is 20.1 Å². The molecule has 0 aliphatic heterocycles. The van der Waals surface area contributed by atoms with Gasteiger partial charge >= 0.3 is 0 Å². The van der Waals surface area contributed by atoms with Gasteiger partial charge in [0.05, 0.1) is 24.2 Å². The van der Waals surface area contributed by atoms with E-state index in [1.165, 1.54) is 22.1 Å². The van der Waals surface area contributed by atoms with Crippen LogP contribution in [0.2, 0.25) is 0 Å². The highest BCUT2D eigenvalue weighted by Gasteiger charge is 2.14. The molecule has 0 atom stereocenters. The summed E-state index contributed by atoms with van der Waals surface area (Å²) in [5.41, 5.74) is 2.32. The Labute approximate surface area is 200 Å². The van der Waals surface area contributed by atoms with E-state index in [2.05, 4.69) is 15.4 Å². The third-order valence-electron chi connectivity index (χ3n) is 4.99. The van der Waals surface area contributed by atoms with Crippen molar-refractivity contribution in [2.75, 3.05) is 20.3 Å². The molecule has 0 aliphatic carbocycles. The zero-order valence-electron chi connectivity index (χ0n) is 18.9. The highest BCUT2D eigenvalue weighted by molar-refractivity contribution is 7.18. The summed E-state index contributed by atoms with van der Waals surface area (Å²) in [5.74, 6) is 0.990. The van der Waals surface area contributed by atoms with Gasteiger partial charge in [0.2, 0.25) is 0 Å². The van der Waals surface area contributed by atoms with Crippen LogP contribution in [-0.4, -0.2) is 40.9 Å². The maximum Gasteiger partial charge on any atom is 0.266 e. The van der Waals surface area contributed by atoms with Gasteiger partial charge in [0, 0.05) is 18.2 Å². The first-order valence-electron chi connectivity index (χ1n) is 10.7. The minimum absolute atomic E-state index is 0.128. The number of benzene rings is 2. The van der Waals surface area contributed by atoms with Crippen molar-refractivity contribution in [2.24, 2.45) is 0 Å². The summed E-state index contributed by atoms with van der Waals surface area (Å²) >= 11 is 1.53. The standard InChI is InChI=1S/C25H24N4O4S/c1-17-24(34-25(27-17)18-6-4-3-5-7-18)21-12-13-23(31)29(28-21)15-14-26-22(30)16-33-20-10-8-19(32-2)9-11-20/h3-13H,14-16H2,1-2H3,(H,26,30). The molecular weight excluding hydrogens is 452 g/mol. The van der Waals surface area contributed by atoms with E-state index < -0.39 is 0 Å². The minimum Gasteiger partial charge on any atom is -0.497 e. The van der Waals surface area contributed by atoms with Gasteiger partial charge in [-0.3, -0.25) is 9.59 Å². The van der Waals surface area contributed by atoms with Gasteiger partial charge in [-0.2, -0.15) is 5.10 Å². The average Bonchev–Trinajstić information content (AvgIpc) is 3.26. The Balaban J connectivity index is 1.36. The maximum absolute atomic E-state index is 12.3. The van der Waals surface area contributed by atoms with Crippen LogP contribution in [0.25, 0.3) is 21.1 Å². The van der Waals surface area contributed by atoms with E-state index in [1.54, 1.807) is 37.4 Å². The number of nitrogens with zero attached hydrogens (tertiary/aromatic N) is 3. The summed E-state index contributed by atoms with van der Waals surface area (Å²) in [6.45, 7) is 2.29. The second-order valence-electron chi connectivity index (χ2n) is 7.39. The number of methoxy groups -OCH3 is 1. The summed E-state index contributed by atoms with van der Waals surface area (Å²) in [7, 11) is 1.58. The van der Waals surface area contributed by atoms with E-state index in [9.17, 15) is 9.59 Å². The molecule has 0 bridgehead atoms. The van der Waals surface area contributed by atoms with Gasteiger partial charge in [-0.15, -0.1) is 11.3 Å². The summed E-state index contributed by atoms with van der Waals surface area (Å²) in [5, 5.41) is 8.15. The van der Waals surface area contributed by atoms with Crippen molar-refractivity contribution in [2.45, 2.75) is 13.5 Å². The number of hydrogen-bond donors (Lipinski definition) is 1. The van der Waals surface area contributed by atoms with Crippen molar-refractivity contribution in [3.63, 3.8) is 0 Å². The number of rotatable bonds is 9. The Bertz CT molecular complexity index is 1320. The van der Waals surface area contributed by atoms with Crippen LogP contribution in [0, 0.1) is 6.92 Å². The van der Waals surface area contributed by atoms with E-state index >= 15 is 0 Å². The van der Waals surface area contributed by atoms with E-state index in [4.69, 9.17) is 9.47 Å². The van der Waals surface area contributed by atoms with E-state index in [0.717, 1.165) is 21.1 Å². The number of carbonyl (C=O) groups excluding carboxylic acids is 1. The zero-order valence-corrected chi connectivity index (χ0v) is 19.7. The van der Waals surface area contributed by atoms with Crippen LogP contribution < -0.4 is 20.3 Å². The SMILES string of the molecule is COc1ccc(OCC(=O)NCCn2nc(-c3sc(-c4ccccc4)nc3C)ccc2=O)cc1. The molecule has 0 radical (unpaired) electrons.